The van der Waals surface area contributed by atoms with Crippen LogP contribution in [0.2, 0.25) is 0 Å². The Balaban J connectivity index is 0.00000280. The fraction of sp³-hybridized carbons (Fsp3) is 0.762. The van der Waals surface area contributed by atoms with E-state index in [0.29, 0.717) is 5.41 Å². The Bertz CT molecular complexity index is 609. The summed E-state index contributed by atoms with van der Waals surface area (Å²) in [6.45, 7) is 6.89. The second kappa shape index (κ2) is 11.4. The molecule has 1 saturated carbocycles. The van der Waals surface area contributed by atoms with Gasteiger partial charge in [-0.15, -0.1) is 24.0 Å². The van der Waals surface area contributed by atoms with E-state index < -0.39 is 0 Å². The Kier molecular flexibility index (Phi) is 9.56. The van der Waals surface area contributed by atoms with Crippen LogP contribution >= 0.6 is 24.0 Å². The highest BCUT2D eigenvalue weighted by molar-refractivity contribution is 14.0. The van der Waals surface area contributed by atoms with E-state index in [9.17, 15) is 0 Å². The third-order valence-corrected chi connectivity index (χ3v) is 6.24. The Morgan fingerprint density at radius 3 is 2.54 bits per heavy atom. The first-order chi connectivity index (χ1) is 13.2. The van der Waals surface area contributed by atoms with Gasteiger partial charge in [0.2, 0.25) is 0 Å². The van der Waals surface area contributed by atoms with Gasteiger partial charge < -0.3 is 19.8 Å². The average molecular weight is 504 g/mol. The fourth-order valence-electron chi connectivity index (χ4n) is 4.29. The molecule has 1 saturated heterocycles. The smallest absolute Gasteiger partial charge is 0.191 e. The van der Waals surface area contributed by atoms with Crippen molar-refractivity contribution in [3.63, 3.8) is 0 Å². The molecule has 1 aromatic rings. The minimum atomic E-state index is 0. The minimum absolute atomic E-state index is 0. The first-order valence-corrected chi connectivity index (χ1v) is 10.4. The number of rotatable bonds is 9. The van der Waals surface area contributed by atoms with E-state index in [0.717, 1.165) is 56.7 Å². The molecule has 1 aliphatic carbocycles. The van der Waals surface area contributed by atoms with Crippen molar-refractivity contribution in [3.05, 3.63) is 23.7 Å². The molecule has 2 aliphatic rings. The Hall–Kier alpha value is -0.800. The normalized spacial score (nSPS) is 20.3. The summed E-state index contributed by atoms with van der Waals surface area (Å²) in [6.07, 6.45) is 7.54. The van der Waals surface area contributed by atoms with Crippen LogP contribution in [0.15, 0.2) is 21.5 Å². The molecule has 0 bridgehead atoms. The third-order valence-electron chi connectivity index (χ3n) is 6.24. The molecule has 0 amide bonds. The number of methoxy groups -OCH3 is 1. The number of ether oxygens (including phenoxy) is 1. The highest BCUT2D eigenvalue weighted by atomic mass is 127. The molecular formula is C21H37IN4O2. The number of nitrogens with zero attached hydrogens (tertiary/aromatic N) is 2. The van der Waals surface area contributed by atoms with Crippen LogP contribution in [0.25, 0.3) is 0 Å². The predicted molar refractivity (Wildman–Crippen MR) is 125 cm³/mol. The van der Waals surface area contributed by atoms with Crippen molar-refractivity contribution in [1.82, 2.24) is 15.5 Å². The van der Waals surface area contributed by atoms with Gasteiger partial charge in [0, 0.05) is 33.9 Å². The van der Waals surface area contributed by atoms with E-state index in [2.05, 4.69) is 32.7 Å². The van der Waals surface area contributed by atoms with Crippen molar-refractivity contribution in [3.8, 4) is 0 Å². The summed E-state index contributed by atoms with van der Waals surface area (Å²) in [7, 11) is 3.63. The summed E-state index contributed by atoms with van der Waals surface area (Å²) < 4.78 is 11.3. The summed E-state index contributed by atoms with van der Waals surface area (Å²) in [4.78, 5) is 6.96. The number of guanidine groups is 1. The molecular weight excluding hydrogens is 467 g/mol. The number of hydrogen-bond acceptors (Lipinski definition) is 4. The summed E-state index contributed by atoms with van der Waals surface area (Å²) in [5, 5.41) is 7.09. The molecule has 7 heteroatoms. The third kappa shape index (κ3) is 6.10. The maximum absolute atomic E-state index is 5.95. The van der Waals surface area contributed by atoms with Gasteiger partial charge in [0.1, 0.15) is 11.5 Å². The van der Waals surface area contributed by atoms with Gasteiger partial charge in [-0.2, -0.15) is 0 Å². The lowest BCUT2D eigenvalue weighted by atomic mass is 9.67. The van der Waals surface area contributed by atoms with Crippen molar-refractivity contribution in [2.24, 2.45) is 10.4 Å². The Morgan fingerprint density at radius 2 is 2.00 bits per heavy atom. The van der Waals surface area contributed by atoms with Crippen molar-refractivity contribution >= 4 is 29.9 Å². The van der Waals surface area contributed by atoms with Gasteiger partial charge in [0.15, 0.2) is 5.96 Å². The average Bonchev–Trinajstić information content (AvgIpc) is 3.31. The van der Waals surface area contributed by atoms with Crippen LogP contribution in [0.5, 0.6) is 0 Å². The molecule has 2 heterocycles. The van der Waals surface area contributed by atoms with Gasteiger partial charge in [-0.1, -0.05) is 6.42 Å². The standard InChI is InChI=1S/C21H36N4O2.HI/c1-17-7-8-19(27-17)18(25-12-4-5-13-25)15-23-20(22-2)24-16-21(9-6-10-21)11-14-26-3;/h7-8,18H,4-6,9-16H2,1-3H3,(H2,22,23,24);1H. The molecule has 0 spiro atoms. The zero-order valence-electron chi connectivity index (χ0n) is 17.6. The summed E-state index contributed by atoms with van der Waals surface area (Å²) in [5.74, 6) is 2.90. The van der Waals surface area contributed by atoms with Gasteiger partial charge in [0.05, 0.1) is 6.04 Å². The van der Waals surface area contributed by atoms with E-state index in [1.165, 1.54) is 32.1 Å². The first kappa shape index (κ1) is 23.5. The van der Waals surface area contributed by atoms with Crippen molar-refractivity contribution < 1.29 is 9.15 Å². The molecule has 160 valence electrons. The van der Waals surface area contributed by atoms with Crippen LogP contribution in [0.4, 0.5) is 0 Å². The van der Waals surface area contributed by atoms with Gasteiger partial charge >= 0.3 is 0 Å². The van der Waals surface area contributed by atoms with Crippen molar-refractivity contribution in [2.75, 3.05) is 46.9 Å². The van der Waals surface area contributed by atoms with Gasteiger partial charge in [0.25, 0.3) is 0 Å². The van der Waals surface area contributed by atoms with Crippen LogP contribution in [-0.2, 0) is 4.74 Å². The second-order valence-corrected chi connectivity index (χ2v) is 8.11. The molecule has 2 fully saturated rings. The first-order valence-electron chi connectivity index (χ1n) is 10.4. The zero-order chi connectivity index (χ0) is 19.1. The SMILES string of the molecule is CN=C(NCC(c1ccc(C)o1)N1CCCC1)NCC1(CCOC)CCC1.I. The van der Waals surface area contributed by atoms with Gasteiger partial charge in [-0.05, 0) is 69.7 Å². The Labute approximate surface area is 186 Å². The Morgan fingerprint density at radius 1 is 1.25 bits per heavy atom. The number of aryl methyl sites for hydroxylation is 1. The molecule has 2 N–H and O–H groups in total. The van der Waals surface area contributed by atoms with E-state index in [1.54, 1.807) is 7.11 Å². The van der Waals surface area contributed by atoms with E-state index in [4.69, 9.17) is 9.15 Å². The number of likely N-dealkylation sites (tertiary alicyclic amines) is 1. The molecule has 0 aromatic carbocycles. The van der Waals surface area contributed by atoms with Gasteiger partial charge in [-0.3, -0.25) is 9.89 Å². The maximum Gasteiger partial charge on any atom is 0.191 e. The molecule has 0 radical (unpaired) electrons. The largest absolute Gasteiger partial charge is 0.465 e. The van der Waals surface area contributed by atoms with E-state index in [-0.39, 0.29) is 30.0 Å². The quantitative estimate of drug-likeness (QED) is 0.305. The summed E-state index contributed by atoms with van der Waals surface area (Å²) in [5.41, 5.74) is 0.375. The fourth-order valence-corrected chi connectivity index (χ4v) is 4.29. The zero-order valence-corrected chi connectivity index (χ0v) is 20.0. The van der Waals surface area contributed by atoms with E-state index >= 15 is 0 Å². The summed E-state index contributed by atoms with van der Waals surface area (Å²) in [6, 6.07) is 4.43. The maximum atomic E-state index is 5.95. The number of halogens is 1. The number of hydrogen-bond donors (Lipinski definition) is 2. The number of furan rings is 1. The van der Waals surface area contributed by atoms with E-state index in [1.807, 2.05) is 14.0 Å². The molecule has 1 aliphatic heterocycles. The molecule has 1 atom stereocenters. The monoisotopic (exact) mass is 504 g/mol. The lowest BCUT2D eigenvalue weighted by molar-refractivity contribution is 0.0732. The predicted octanol–water partition coefficient (Wildman–Crippen LogP) is 3.71. The molecule has 6 nitrogen and oxygen atoms in total. The van der Waals surface area contributed by atoms with Crippen LogP contribution in [0.1, 0.15) is 56.1 Å². The molecule has 28 heavy (non-hydrogen) atoms. The van der Waals surface area contributed by atoms with Crippen LogP contribution in [0, 0.1) is 12.3 Å². The minimum Gasteiger partial charge on any atom is -0.465 e. The number of nitrogens with one attached hydrogen (secondary N) is 2. The van der Waals surface area contributed by atoms with Crippen molar-refractivity contribution in [2.45, 2.75) is 51.5 Å². The summed E-state index contributed by atoms with van der Waals surface area (Å²) >= 11 is 0. The lowest BCUT2D eigenvalue weighted by Crippen LogP contribution is -2.48. The highest BCUT2D eigenvalue weighted by Crippen LogP contribution is 2.43. The van der Waals surface area contributed by atoms with Crippen molar-refractivity contribution in [1.29, 1.82) is 0 Å². The molecule has 1 aromatic heterocycles. The highest BCUT2D eigenvalue weighted by Gasteiger charge is 2.36. The van der Waals surface area contributed by atoms with Crippen LogP contribution in [-0.4, -0.2) is 57.8 Å². The molecule has 1 unspecified atom stereocenters. The topological polar surface area (TPSA) is 62.0 Å². The molecule has 3 rings (SSSR count). The van der Waals surface area contributed by atoms with Gasteiger partial charge in [-0.25, -0.2) is 0 Å². The van der Waals surface area contributed by atoms with Crippen LogP contribution in [0.3, 0.4) is 0 Å². The number of aliphatic imine (C=N–C) groups is 1. The lowest BCUT2D eigenvalue weighted by Gasteiger charge is -2.42. The van der Waals surface area contributed by atoms with Crippen LogP contribution < -0.4 is 10.6 Å². The second-order valence-electron chi connectivity index (χ2n) is 8.11.